The molecule has 24 heavy (non-hydrogen) atoms. The van der Waals surface area contributed by atoms with Crippen molar-refractivity contribution in [1.82, 2.24) is 24.0 Å². The lowest BCUT2D eigenvalue weighted by atomic mass is 10.2. The number of imidazole rings is 1. The highest BCUT2D eigenvalue weighted by Gasteiger charge is 2.17. The number of furan rings is 1. The van der Waals surface area contributed by atoms with Crippen LogP contribution in [0, 0.1) is 0 Å². The van der Waals surface area contributed by atoms with E-state index in [0.717, 1.165) is 4.57 Å². The highest BCUT2D eigenvalue weighted by atomic mass is 16.3. The summed E-state index contributed by atoms with van der Waals surface area (Å²) in [5.74, 6) is 0.339. The molecule has 0 saturated carbocycles. The molecule has 0 spiro atoms. The van der Waals surface area contributed by atoms with E-state index >= 15 is 0 Å². The second-order valence-electron chi connectivity index (χ2n) is 5.56. The van der Waals surface area contributed by atoms with Crippen LogP contribution >= 0.6 is 0 Å². The van der Waals surface area contributed by atoms with E-state index in [1.165, 1.54) is 35.8 Å². The lowest BCUT2D eigenvalue weighted by Crippen LogP contribution is -2.38. The van der Waals surface area contributed by atoms with Crippen molar-refractivity contribution in [2.24, 2.45) is 14.1 Å². The highest BCUT2D eigenvalue weighted by Crippen LogP contribution is 2.12. The Hall–Kier alpha value is -3.10. The highest BCUT2D eigenvalue weighted by molar-refractivity contribution is 5.79. The number of nitrogens with zero attached hydrogens (tertiary/aromatic N) is 4. The Morgan fingerprint density at radius 2 is 2.08 bits per heavy atom. The van der Waals surface area contributed by atoms with Crippen LogP contribution in [0.3, 0.4) is 0 Å². The average molecular weight is 331 g/mol. The van der Waals surface area contributed by atoms with E-state index in [1.54, 1.807) is 19.1 Å². The number of hydrogen-bond donors (Lipinski definition) is 1. The first-order valence-corrected chi connectivity index (χ1v) is 7.33. The van der Waals surface area contributed by atoms with E-state index in [-0.39, 0.29) is 29.7 Å². The normalized spacial score (nSPS) is 12.5. The van der Waals surface area contributed by atoms with Gasteiger partial charge in [-0.1, -0.05) is 0 Å². The minimum absolute atomic E-state index is 0.0883. The maximum absolute atomic E-state index is 12.3. The Labute approximate surface area is 136 Å². The minimum atomic E-state index is -0.488. The molecule has 0 unspecified atom stereocenters. The molecule has 3 aromatic heterocycles. The van der Waals surface area contributed by atoms with Crippen molar-refractivity contribution < 1.29 is 9.21 Å². The number of aryl methyl sites for hydroxylation is 1. The quantitative estimate of drug-likeness (QED) is 0.719. The van der Waals surface area contributed by atoms with Crippen molar-refractivity contribution in [2.45, 2.75) is 19.5 Å². The van der Waals surface area contributed by atoms with Crippen molar-refractivity contribution in [3.63, 3.8) is 0 Å². The average Bonchev–Trinajstić information content (AvgIpc) is 3.20. The van der Waals surface area contributed by atoms with E-state index in [1.807, 2.05) is 0 Å². The van der Waals surface area contributed by atoms with Gasteiger partial charge in [0.1, 0.15) is 12.3 Å². The molecule has 0 fully saturated rings. The standard InChI is InChI=1S/C15H17N5O4/c1-9(10-5-4-6-24-10)17-11(21)7-20-8-16-13-12(20)14(22)19(3)15(23)18(13)2/h4-6,8-9H,7H2,1-3H3,(H,17,21)/t9-/m1/s1. The van der Waals surface area contributed by atoms with Crippen LogP contribution in [0.15, 0.2) is 38.7 Å². The zero-order chi connectivity index (χ0) is 17.4. The lowest BCUT2D eigenvalue weighted by molar-refractivity contribution is -0.122. The molecular formula is C15H17N5O4. The van der Waals surface area contributed by atoms with Gasteiger partial charge in [0, 0.05) is 14.1 Å². The van der Waals surface area contributed by atoms with Crippen LogP contribution < -0.4 is 16.6 Å². The molecule has 126 valence electrons. The number of rotatable bonds is 4. The van der Waals surface area contributed by atoms with Crippen molar-refractivity contribution in [3.05, 3.63) is 51.3 Å². The molecule has 0 saturated heterocycles. The molecule has 9 nitrogen and oxygen atoms in total. The van der Waals surface area contributed by atoms with Gasteiger partial charge in [0.15, 0.2) is 11.2 Å². The molecule has 9 heteroatoms. The van der Waals surface area contributed by atoms with Crippen LogP contribution in [-0.2, 0) is 25.4 Å². The van der Waals surface area contributed by atoms with Crippen LogP contribution in [-0.4, -0.2) is 24.6 Å². The second kappa shape index (κ2) is 5.84. The van der Waals surface area contributed by atoms with Crippen molar-refractivity contribution in [1.29, 1.82) is 0 Å². The third-order valence-electron chi connectivity index (χ3n) is 3.88. The summed E-state index contributed by atoms with van der Waals surface area (Å²) >= 11 is 0. The number of aromatic nitrogens is 4. The third-order valence-corrected chi connectivity index (χ3v) is 3.88. The zero-order valence-corrected chi connectivity index (χ0v) is 13.5. The first-order valence-electron chi connectivity index (χ1n) is 7.33. The van der Waals surface area contributed by atoms with Gasteiger partial charge in [-0.3, -0.25) is 18.7 Å². The molecule has 1 amide bonds. The maximum Gasteiger partial charge on any atom is 0.332 e. The largest absolute Gasteiger partial charge is 0.467 e. The Bertz CT molecular complexity index is 1010. The summed E-state index contributed by atoms with van der Waals surface area (Å²) in [6.45, 7) is 1.71. The Kier molecular flexibility index (Phi) is 3.84. The van der Waals surface area contributed by atoms with Gasteiger partial charge in [0.2, 0.25) is 5.91 Å². The molecule has 0 bridgehead atoms. The number of hydrogen-bond acceptors (Lipinski definition) is 5. The van der Waals surface area contributed by atoms with Crippen LogP contribution in [0.5, 0.6) is 0 Å². The minimum Gasteiger partial charge on any atom is -0.467 e. The summed E-state index contributed by atoms with van der Waals surface area (Å²) in [7, 11) is 2.92. The van der Waals surface area contributed by atoms with Gasteiger partial charge < -0.3 is 14.3 Å². The first kappa shape index (κ1) is 15.8. The predicted octanol–water partition coefficient (Wildman–Crippen LogP) is -0.0959. The van der Waals surface area contributed by atoms with Gasteiger partial charge >= 0.3 is 5.69 Å². The Balaban J connectivity index is 1.90. The monoisotopic (exact) mass is 331 g/mol. The van der Waals surface area contributed by atoms with Crippen molar-refractivity contribution >= 4 is 17.1 Å². The predicted molar refractivity (Wildman–Crippen MR) is 85.5 cm³/mol. The Morgan fingerprint density at radius 3 is 2.75 bits per heavy atom. The van der Waals surface area contributed by atoms with Gasteiger partial charge in [-0.15, -0.1) is 0 Å². The van der Waals surface area contributed by atoms with Gasteiger partial charge in [0.05, 0.1) is 18.6 Å². The fraction of sp³-hybridized carbons (Fsp3) is 0.333. The van der Waals surface area contributed by atoms with E-state index < -0.39 is 11.2 Å². The number of fused-ring (bicyclic) bond motifs is 1. The van der Waals surface area contributed by atoms with E-state index in [9.17, 15) is 14.4 Å². The van der Waals surface area contributed by atoms with Crippen LogP contribution in [0.4, 0.5) is 0 Å². The zero-order valence-electron chi connectivity index (χ0n) is 13.5. The molecule has 0 aliphatic carbocycles. The fourth-order valence-electron chi connectivity index (χ4n) is 2.57. The smallest absolute Gasteiger partial charge is 0.332 e. The number of amides is 1. The lowest BCUT2D eigenvalue weighted by Gasteiger charge is -2.12. The summed E-state index contributed by atoms with van der Waals surface area (Å²) in [5, 5.41) is 2.79. The second-order valence-corrected chi connectivity index (χ2v) is 5.56. The fourth-order valence-corrected chi connectivity index (χ4v) is 2.57. The molecule has 3 heterocycles. The molecular weight excluding hydrogens is 314 g/mol. The van der Waals surface area contributed by atoms with E-state index in [0.29, 0.717) is 5.76 Å². The maximum atomic E-state index is 12.3. The van der Waals surface area contributed by atoms with Crippen LogP contribution in [0.1, 0.15) is 18.7 Å². The van der Waals surface area contributed by atoms with Gasteiger partial charge in [-0.05, 0) is 19.1 Å². The number of carbonyl (C=O) groups excluding carboxylic acids is 1. The summed E-state index contributed by atoms with van der Waals surface area (Å²) in [6, 6.07) is 3.21. The third kappa shape index (κ3) is 2.53. The molecule has 1 N–H and O–H groups in total. The summed E-state index contributed by atoms with van der Waals surface area (Å²) < 4.78 is 8.94. The molecule has 0 aliphatic heterocycles. The SMILES string of the molecule is C[C@@H](NC(=O)Cn1cnc2c1c(=O)n(C)c(=O)n2C)c1ccco1. The first-order chi connectivity index (χ1) is 11.4. The van der Waals surface area contributed by atoms with Crippen molar-refractivity contribution in [3.8, 4) is 0 Å². The van der Waals surface area contributed by atoms with E-state index in [4.69, 9.17) is 4.42 Å². The van der Waals surface area contributed by atoms with Crippen molar-refractivity contribution in [2.75, 3.05) is 0 Å². The molecule has 1 atom stereocenters. The summed E-state index contributed by atoms with van der Waals surface area (Å²) in [5.41, 5.74) is -0.499. The van der Waals surface area contributed by atoms with Gasteiger partial charge in [-0.2, -0.15) is 0 Å². The molecule has 3 rings (SSSR count). The van der Waals surface area contributed by atoms with Gasteiger partial charge in [-0.25, -0.2) is 9.78 Å². The van der Waals surface area contributed by atoms with Gasteiger partial charge in [0.25, 0.3) is 5.56 Å². The number of nitrogens with one attached hydrogen (secondary N) is 1. The van der Waals surface area contributed by atoms with Crippen LogP contribution in [0.2, 0.25) is 0 Å². The molecule has 0 aliphatic rings. The Morgan fingerprint density at radius 1 is 1.33 bits per heavy atom. The molecule has 0 aromatic carbocycles. The summed E-state index contributed by atoms with van der Waals surface area (Å²) in [4.78, 5) is 40.5. The number of carbonyl (C=O) groups is 1. The summed E-state index contributed by atoms with van der Waals surface area (Å²) in [6.07, 6.45) is 2.91. The van der Waals surface area contributed by atoms with Crippen LogP contribution in [0.25, 0.3) is 11.2 Å². The topological polar surface area (TPSA) is 104 Å². The molecule has 3 aromatic rings. The van der Waals surface area contributed by atoms with E-state index in [2.05, 4.69) is 10.3 Å². The molecule has 0 radical (unpaired) electrons.